The molecule has 0 aliphatic carbocycles. The lowest BCUT2D eigenvalue weighted by atomic mass is 10.2. The highest BCUT2D eigenvalue weighted by Gasteiger charge is 2.37. The van der Waals surface area contributed by atoms with Gasteiger partial charge in [-0.05, 0) is 25.0 Å². The Balaban J connectivity index is 2.41. The summed E-state index contributed by atoms with van der Waals surface area (Å²) in [6, 6.07) is 5.03. The predicted molar refractivity (Wildman–Crippen MR) is 63.5 cm³/mol. The third-order valence-corrected chi connectivity index (χ3v) is 2.45. The Bertz CT molecular complexity index is 495. The molecule has 0 unspecified atom stereocenters. The highest BCUT2D eigenvalue weighted by Crippen LogP contribution is 2.31. The largest absolute Gasteiger partial charge is 0.573 e. The second-order valence-corrected chi connectivity index (χ2v) is 4.22. The van der Waals surface area contributed by atoms with E-state index in [1.165, 1.54) is 18.2 Å². The highest BCUT2D eigenvalue weighted by molar-refractivity contribution is 5.83. The van der Waals surface area contributed by atoms with Crippen molar-refractivity contribution in [1.82, 2.24) is 0 Å². The normalized spacial score (nSPS) is 12.1. The molecule has 0 amide bonds. The molecule has 1 rings (SSSR count). The first-order valence-electron chi connectivity index (χ1n) is 6.17. The summed E-state index contributed by atoms with van der Waals surface area (Å²) in [5.74, 6) is -2.56. The van der Waals surface area contributed by atoms with E-state index in [0.29, 0.717) is 0 Å². The fraction of sp³-hybridized carbons (Fsp3) is 0.462. The lowest BCUT2D eigenvalue weighted by molar-refractivity contribution is -0.275. The number of hydrogen-bond acceptors (Lipinski definition) is 3. The molecule has 1 aromatic carbocycles. The zero-order chi connectivity index (χ0) is 16.8. The zero-order valence-electron chi connectivity index (χ0n) is 11.1. The lowest BCUT2D eigenvalue weighted by Crippen LogP contribution is -2.22. The molecule has 0 aromatic heterocycles. The van der Waals surface area contributed by atoms with Crippen LogP contribution in [0.15, 0.2) is 24.3 Å². The van der Waals surface area contributed by atoms with Gasteiger partial charge in [-0.15, -0.1) is 13.2 Å². The van der Waals surface area contributed by atoms with Crippen LogP contribution in [0.4, 0.5) is 26.3 Å². The van der Waals surface area contributed by atoms with Crippen molar-refractivity contribution >= 4 is 5.78 Å². The number of rotatable bonds is 7. The molecule has 0 radical (unpaired) electrons. The molecule has 0 N–H and O–H groups in total. The van der Waals surface area contributed by atoms with Crippen LogP contribution in [-0.4, -0.2) is 24.9 Å². The number of benzene rings is 1. The van der Waals surface area contributed by atoms with Crippen molar-refractivity contribution in [2.45, 2.75) is 31.8 Å². The van der Waals surface area contributed by atoms with E-state index in [0.717, 1.165) is 6.07 Å². The van der Waals surface area contributed by atoms with Crippen LogP contribution in [-0.2, 0) is 4.79 Å². The summed E-state index contributed by atoms with van der Waals surface area (Å²) in [5, 5.41) is 0. The fourth-order valence-corrected chi connectivity index (χ4v) is 1.49. The Kier molecular flexibility index (Phi) is 6.07. The monoisotopic (exact) mass is 330 g/mol. The molecule has 22 heavy (non-hydrogen) atoms. The first-order chi connectivity index (χ1) is 10.1. The smallest absolute Gasteiger partial charge is 0.490 e. The second-order valence-electron chi connectivity index (χ2n) is 4.22. The molecule has 9 heteroatoms. The van der Waals surface area contributed by atoms with Gasteiger partial charge in [-0.3, -0.25) is 4.79 Å². The van der Waals surface area contributed by atoms with Crippen molar-refractivity contribution in [3.63, 3.8) is 0 Å². The number of halogens is 6. The molecule has 0 aliphatic rings. The van der Waals surface area contributed by atoms with Crippen molar-refractivity contribution in [3.8, 4) is 11.5 Å². The molecule has 0 saturated carbocycles. The number of para-hydroxylation sites is 2. The number of Topliss-reactive ketones (excluding diaryl/α,β-unsaturated/α-hetero) is 1. The van der Waals surface area contributed by atoms with E-state index in [1.807, 2.05) is 0 Å². The van der Waals surface area contributed by atoms with Gasteiger partial charge in [0, 0.05) is 6.42 Å². The van der Waals surface area contributed by atoms with Crippen LogP contribution in [0.25, 0.3) is 0 Å². The molecule has 0 bridgehead atoms. The SMILES string of the molecule is O=C(CCCCOc1ccccc1OC(F)(F)F)C(F)(F)F. The number of carbonyl (C=O) groups excluding carboxylic acids is 1. The standard InChI is InChI=1S/C13H12F6O3/c14-12(15,16)11(20)7-3-4-8-21-9-5-1-2-6-10(9)22-13(17,18)19/h1-2,5-6H,3-4,7-8H2. The quantitative estimate of drug-likeness (QED) is 0.553. The summed E-state index contributed by atoms with van der Waals surface area (Å²) in [4.78, 5) is 10.6. The minimum absolute atomic E-state index is 0.0827. The Labute approximate surface area is 121 Å². The minimum atomic E-state index is -4.88. The van der Waals surface area contributed by atoms with E-state index in [4.69, 9.17) is 4.74 Å². The second kappa shape index (κ2) is 7.37. The fourth-order valence-electron chi connectivity index (χ4n) is 1.49. The van der Waals surface area contributed by atoms with Gasteiger partial charge in [-0.2, -0.15) is 13.2 Å². The van der Waals surface area contributed by atoms with Crippen LogP contribution in [0.1, 0.15) is 19.3 Å². The number of carbonyl (C=O) groups is 1. The summed E-state index contributed by atoms with van der Waals surface area (Å²) >= 11 is 0. The van der Waals surface area contributed by atoms with Crippen molar-refractivity contribution < 1.29 is 40.6 Å². The van der Waals surface area contributed by atoms with Crippen LogP contribution in [0.3, 0.4) is 0 Å². The Morgan fingerprint density at radius 1 is 0.955 bits per heavy atom. The van der Waals surface area contributed by atoms with Gasteiger partial charge in [0.1, 0.15) is 0 Å². The van der Waals surface area contributed by atoms with Crippen LogP contribution in [0.2, 0.25) is 0 Å². The van der Waals surface area contributed by atoms with E-state index in [2.05, 4.69) is 4.74 Å². The van der Waals surface area contributed by atoms with Gasteiger partial charge in [0.05, 0.1) is 6.61 Å². The molecule has 0 heterocycles. The summed E-state index contributed by atoms with van der Waals surface area (Å²) in [6.07, 6.45) is -10.4. The van der Waals surface area contributed by atoms with Crippen molar-refractivity contribution in [2.75, 3.05) is 6.61 Å². The van der Waals surface area contributed by atoms with Crippen molar-refractivity contribution in [3.05, 3.63) is 24.3 Å². The molecule has 0 spiro atoms. The predicted octanol–water partition coefficient (Wildman–Crippen LogP) is 4.27. The third kappa shape index (κ3) is 6.68. The molecular weight excluding hydrogens is 318 g/mol. The number of unbranched alkanes of at least 4 members (excludes halogenated alkanes) is 1. The molecule has 1 aromatic rings. The third-order valence-electron chi connectivity index (χ3n) is 2.45. The van der Waals surface area contributed by atoms with E-state index in [9.17, 15) is 31.1 Å². The molecule has 0 atom stereocenters. The average Bonchev–Trinajstić information content (AvgIpc) is 2.37. The van der Waals surface area contributed by atoms with Gasteiger partial charge in [0.2, 0.25) is 5.78 Å². The zero-order valence-corrected chi connectivity index (χ0v) is 11.1. The molecule has 124 valence electrons. The maximum Gasteiger partial charge on any atom is 0.573 e. The first kappa shape index (κ1) is 18.1. The number of hydrogen-bond donors (Lipinski definition) is 0. The van der Waals surface area contributed by atoms with Gasteiger partial charge >= 0.3 is 12.5 Å². The molecular formula is C13H12F6O3. The molecule has 0 aliphatic heterocycles. The van der Waals surface area contributed by atoms with Gasteiger partial charge in [-0.25, -0.2) is 0 Å². The van der Waals surface area contributed by atoms with Crippen LogP contribution < -0.4 is 9.47 Å². The summed E-state index contributed by atoms with van der Waals surface area (Å²) in [5.41, 5.74) is 0. The van der Waals surface area contributed by atoms with Crippen molar-refractivity contribution in [2.24, 2.45) is 0 Å². The molecule has 3 nitrogen and oxygen atoms in total. The summed E-state index contributed by atoms with van der Waals surface area (Å²) < 4.78 is 81.0. The number of ketones is 1. The average molecular weight is 330 g/mol. The Morgan fingerprint density at radius 3 is 2.09 bits per heavy atom. The van der Waals surface area contributed by atoms with E-state index in [-0.39, 0.29) is 25.2 Å². The van der Waals surface area contributed by atoms with E-state index < -0.39 is 30.5 Å². The van der Waals surface area contributed by atoms with E-state index >= 15 is 0 Å². The van der Waals surface area contributed by atoms with Crippen LogP contribution in [0.5, 0.6) is 11.5 Å². The highest BCUT2D eigenvalue weighted by atomic mass is 19.4. The van der Waals surface area contributed by atoms with Crippen LogP contribution >= 0.6 is 0 Å². The minimum Gasteiger partial charge on any atom is -0.490 e. The summed E-state index contributed by atoms with van der Waals surface area (Å²) in [6.45, 7) is -0.136. The van der Waals surface area contributed by atoms with Crippen molar-refractivity contribution in [1.29, 1.82) is 0 Å². The number of alkyl halides is 6. The lowest BCUT2D eigenvalue weighted by Gasteiger charge is -2.13. The number of ether oxygens (including phenoxy) is 2. The van der Waals surface area contributed by atoms with Gasteiger partial charge in [0.25, 0.3) is 0 Å². The van der Waals surface area contributed by atoms with Gasteiger partial charge < -0.3 is 9.47 Å². The Morgan fingerprint density at radius 2 is 1.55 bits per heavy atom. The summed E-state index contributed by atoms with van der Waals surface area (Å²) in [7, 11) is 0. The maximum atomic E-state index is 12.1. The van der Waals surface area contributed by atoms with E-state index in [1.54, 1.807) is 0 Å². The first-order valence-corrected chi connectivity index (χ1v) is 6.17. The topological polar surface area (TPSA) is 35.5 Å². The maximum absolute atomic E-state index is 12.1. The van der Waals surface area contributed by atoms with Crippen LogP contribution in [0, 0.1) is 0 Å². The van der Waals surface area contributed by atoms with Gasteiger partial charge in [0.15, 0.2) is 11.5 Å². The molecule has 0 saturated heterocycles. The molecule has 0 fully saturated rings. The van der Waals surface area contributed by atoms with Gasteiger partial charge in [-0.1, -0.05) is 12.1 Å². The Hall–Kier alpha value is -1.93.